The lowest BCUT2D eigenvalue weighted by molar-refractivity contribution is 0.408. The third-order valence-electron chi connectivity index (χ3n) is 0.845. The summed E-state index contributed by atoms with van der Waals surface area (Å²) in [7, 11) is -1.34. The smallest absolute Gasteiger partial charge is 0.241 e. The summed E-state index contributed by atoms with van der Waals surface area (Å²) in [6.07, 6.45) is 0.935. The Balaban J connectivity index is 3.60. The maximum Gasteiger partial charge on any atom is 0.241 e. The molecular weight excluding hydrogens is 128 g/mol. The van der Waals surface area contributed by atoms with Gasteiger partial charge in [-0.2, -0.15) is 0 Å². The summed E-state index contributed by atoms with van der Waals surface area (Å²) in [5, 5.41) is 0. The van der Waals surface area contributed by atoms with Gasteiger partial charge in [0.05, 0.1) is 5.76 Å². The first-order chi connectivity index (χ1) is 3.95. The van der Waals surface area contributed by atoms with Crippen LogP contribution in [0.3, 0.4) is 0 Å². The van der Waals surface area contributed by atoms with Gasteiger partial charge in [-0.15, -0.1) is 0 Å². The molecule has 0 saturated carbocycles. The van der Waals surface area contributed by atoms with Gasteiger partial charge >= 0.3 is 0 Å². The topological polar surface area (TPSA) is 9.23 Å². The molecule has 54 valence electrons. The van der Waals surface area contributed by atoms with Gasteiger partial charge in [-0.05, 0) is 26.1 Å². The molecule has 0 aliphatic heterocycles. The second-order valence-electron chi connectivity index (χ2n) is 3.11. The first kappa shape index (κ1) is 8.76. The maximum atomic E-state index is 5.53. The summed E-state index contributed by atoms with van der Waals surface area (Å²) >= 11 is 0. The standard InChI is InChI=1S/C7H16OSi/c1-6-7(2)8-9(3,4)5/h2,6H2,1,3-5H3. The quantitative estimate of drug-likeness (QED) is 0.437. The summed E-state index contributed by atoms with van der Waals surface area (Å²) < 4.78 is 5.53. The van der Waals surface area contributed by atoms with Crippen LogP contribution in [0.25, 0.3) is 0 Å². The molecule has 2 heteroatoms. The minimum Gasteiger partial charge on any atom is -0.548 e. The SMILES string of the molecule is C=C(CC)O[Si](C)(C)C. The lowest BCUT2D eigenvalue weighted by Gasteiger charge is -2.19. The Labute approximate surface area is 58.9 Å². The Bertz CT molecular complexity index is 102. The van der Waals surface area contributed by atoms with E-state index in [2.05, 4.69) is 33.1 Å². The van der Waals surface area contributed by atoms with E-state index >= 15 is 0 Å². The minimum absolute atomic E-state index is 0.925. The van der Waals surface area contributed by atoms with Crippen molar-refractivity contribution in [2.45, 2.75) is 33.0 Å². The summed E-state index contributed by atoms with van der Waals surface area (Å²) in [6.45, 7) is 12.3. The third-order valence-corrected chi connectivity index (χ3v) is 1.75. The van der Waals surface area contributed by atoms with Crippen molar-refractivity contribution in [1.82, 2.24) is 0 Å². The molecule has 0 heterocycles. The van der Waals surface area contributed by atoms with E-state index in [4.69, 9.17) is 4.43 Å². The fraction of sp³-hybridized carbons (Fsp3) is 0.714. The fourth-order valence-electron chi connectivity index (χ4n) is 0.505. The number of rotatable bonds is 3. The van der Waals surface area contributed by atoms with Crippen molar-refractivity contribution in [2.24, 2.45) is 0 Å². The Hall–Kier alpha value is -0.243. The van der Waals surface area contributed by atoms with Crippen LogP contribution in [0, 0.1) is 0 Å². The van der Waals surface area contributed by atoms with Crippen molar-refractivity contribution in [3.8, 4) is 0 Å². The molecule has 0 N–H and O–H groups in total. The van der Waals surface area contributed by atoms with Crippen LogP contribution >= 0.6 is 0 Å². The van der Waals surface area contributed by atoms with Crippen LogP contribution in [0.1, 0.15) is 13.3 Å². The second-order valence-corrected chi connectivity index (χ2v) is 7.54. The van der Waals surface area contributed by atoms with Crippen LogP contribution in [0.15, 0.2) is 12.3 Å². The number of hydrogen-bond donors (Lipinski definition) is 0. The van der Waals surface area contributed by atoms with Crippen LogP contribution in [0.2, 0.25) is 19.6 Å². The van der Waals surface area contributed by atoms with Crippen molar-refractivity contribution in [2.75, 3.05) is 0 Å². The van der Waals surface area contributed by atoms with E-state index in [1.54, 1.807) is 0 Å². The number of allylic oxidation sites excluding steroid dienone is 1. The molecule has 1 nitrogen and oxygen atoms in total. The molecule has 0 spiro atoms. The predicted octanol–water partition coefficient (Wildman–Crippen LogP) is 2.76. The zero-order valence-electron chi connectivity index (χ0n) is 6.82. The molecule has 9 heavy (non-hydrogen) atoms. The van der Waals surface area contributed by atoms with Gasteiger partial charge < -0.3 is 4.43 Å². The monoisotopic (exact) mass is 144 g/mol. The maximum absolute atomic E-state index is 5.53. The van der Waals surface area contributed by atoms with Gasteiger partial charge in [0.2, 0.25) is 8.32 Å². The van der Waals surface area contributed by atoms with Crippen LogP contribution in [-0.2, 0) is 4.43 Å². The zero-order chi connectivity index (χ0) is 7.49. The average Bonchev–Trinajstić information content (AvgIpc) is 1.62. The van der Waals surface area contributed by atoms with Crippen LogP contribution in [0.4, 0.5) is 0 Å². The van der Waals surface area contributed by atoms with Gasteiger partial charge in [0, 0.05) is 0 Å². The fourth-order valence-corrected chi connectivity index (χ4v) is 1.52. The molecule has 0 aromatic rings. The highest BCUT2D eigenvalue weighted by atomic mass is 28.4. The van der Waals surface area contributed by atoms with Crippen molar-refractivity contribution in [1.29, 1.82) is 0 Å². The van der Waals surface area contributed by atoms with E-state index < -0.39 is 8.32 Å². The van der Waals surface area contributed by atoms with Gasteiger partial charge in [-0.3, -0.25) is 0 Å². The van der Waals surface area contributed by atoms with Crippen molar-refractivity contribution < 1.29 is 4.43 Å². The van der Waals surface area contributed by atoms with Crippen LogP contribution < -0.4 is 0 Å². The molecule has 0 radical (unpaired) electrons. The highest BCUT2D eigenvalue weighted by Gasteiger charge is 2.15. The molecule has 0 aliphatic rings. The molecule has 0 amide bonds. The van der Waals surface area contributed by atoms with Gasteiger partial charge in [-0.1, -0.05) is 13.5 Å². The predicted molar refractivity (Wildman–Crippen MR) is 43.9 cm³/mol. The summed E-state index contributed by atoms with van der Waals surface area (Å²) in [6, 6.07) is 0. The molecule has 0 aliphatic carbocycles. The summed E-state index contributed by atoms with van der Waals surface area (Å²) in [4.78, 5) is 0. The van der Waals surface area contributed by atoms with Crippen molar-refractivity contribution in [3.05, 3.63) is 12.3 Å². The molecule has 0 bridgehead atoms. The van der Waals surface area contributed by atoms with Crippen molar-refractivity contribution >= 4 is 8.32 Å². The highest BCUT2D eigenvalue weighted by Crippen LogP contribution is 2.10. The highest BCUT2D eigenvalue weighted by molar-refractivity contribution is 6.70. The molecule has 0 rings (SSSR count). The van der Waals surface area contributed by atoms with E-state index in [-0.39, 0.29) is 0 Å². The van der Waals surface area contributed by atoms with Gasteiger partial charge in [0.15, 0.2) is 0 Å². The molecule has 0 saturated heterocycles. The van der Waals surface area contributed by atoms with Crippen LogP contribution in [-0.4, -0.2) is 8.32 Å². The number of hydrogen-bond acceptors (Lipinski definition) is 1. The van der Waals surface area contributed by atoms with E-state index in [1.165, 1.54) is 0 Å². The van der Waals surface area contributed by atoms with E-state index in [0.29, 0.717) is 0 Å². The molecule has 0 aromatic heterocycles. The van der Waals surface area contributed by atoms with E-state index in [1.807, 2.05) is 0 Å². The van der Waals surface area contributed by atoms with Gasteiger partial charge in [0.1, 0.15) is 0 Å². The molecule has 0 unspecified atom stereocenters. The summed E-state index contributed by atoms with van der Waals surface area (Å²) in [5.74, 6) is 0.925. The normalized spacial score (nSPS) is 11.1. The molecule has 0 aromatic carbocycles. The second kappa shape index (κ2) is 3.06. The largest absolute Gasteiger partial charge is 0.548 e. The average molecular weight is 144 g/mol. The van der Waals surface area contributed by atoms with E-state index in [0.717, 1.165) is 12.2 Å². The molecule has 0 fully saturated rings. The van der Waals surface area contributed by atoms with E-state index in [9.17, 15) is 0 Å². The first-order valence-corrected chi connectivity index (χ1v) is 6.73. The Morgan fingerprint density at radius 3 is 2.00 bits per heavy atom. The Morgan fingerprint density at radius 2 is 1.89 bits per heavy atom. The zero-order valence-corrected chi connectivity index (χ0v) is 7.82. The Kier molecular flexibility index (Phi) is 2.98. The van der Waals surface area contributed by atoms with Crippen molar-refractivity contribution in [3.63, 3.8) is 0 Å². The Morgan fingerprint density at radius 1 is 1.44 bits per heavy atom. The van der Waals surface area contributed by atoms with Gasteiger partial charge in [-0.25, -0.2) is 0 Å². The minimum atomic E-state index is -1.34. The third kappa shape index (κ3) is 5.63. The summed E-state index contributed by atoms with van der Waals surface area (Å²) in [5.41, 5.74) is 0. The first-order valence-electron chi connectivity index (χ1n) is 3.32. The lowest BCUT2D eigenvalue weighted by Crippen LogP contribution is -2.24. The molecular formula is C7H16OSi. The van der Waals surface area contributed by atoms with Gasteiger partial charge in [0.25, 0.3) is 0 Å². The molecule has 0 atom stereocenters. The van der Waals surface area contributed by atoms with Crippen LogP contribution in [0.5, 0.6) is 0 Å². The lowest BCUT2D eigenvalue weighted by atomic mass is 10.4.